The molecule has 176 valence electrons. The second kappa shape index (κ2) is 10.1. The molecule has 0 radical (unpaired) electrons. The fourth-order valence-corrected chi connectivity index (χ4v) is 5.32. The minimum Gasteiger partial charge on any atom is -0.477 e. The largest absolute Gasteiger partial charge is 0.477 e. The van der Waals surface area contributed by atoms with Crippen LogP contribution in [-0.4, -0.2) is 55.3 Å². The maximum Gasteiger partial charge on any atom is 0.348 e. The standard InChI is InChI=1S/C21H23N3O7S2/c1-7-30-15-11-9(3)13(19(26)28-5)32-16(11)23-21(22-15)24-17-12(18(25)31-8-2)10(4)14(33-17)20(27)29-6/h7-8H2,1-6H3,(H,22,23,24). The number of esters is 3. The molecule has 0 bridgehead atoms. The Hall–Kier alpha value is -3.25. The van der Waals surface area contributed by atoms with E-state index in [4.69, 9.17) is 18.9 Å². The Morgan fingerprint density at radius 1 is 0.879 bits per heavy atom. The third-order valence-corrected chi connectivity index (χ3v) is 6.98. The molecule has 0 aliphatic rings. The van der Waals surface area contributed by atoms with Crippen LogP contribution in [0.3, 0.4) is 0 Å². The Morgan fingerprint density at radius 3 is 2.09 bits per heavy atom. The topological polar surface area (TPSA) is 126 Å². The number of nitrogens with one attached hydrogen (secondary N) is 1. The lowest BCUT2D eigenvalue weighted by atomic mass is 10.1. The smallest absolute Gasteiger partial charge is 0.348 e. The number of nitrogens with zero attached hydrogens (tertiary/aromatic N) is 2. The van der Waals surface area contributed by atoms with Gasteiger partial charge >= 0.3 is 17.9 Å². The molecule has 0 saturated heterocycles. The molecule has 3 heterocycles. The summed E-state index contributed by atoms with van der Waals surface area (Å²) in [4.78, 5) is 47.1. The van der Waals surface area contributed by atoms with Gasteiger partial charge in [-0.15, -0.1) is 22.7 Å². The number of hydrogen-bond donors (Lipinski definition) is 1. The van der Waals surface area contributed by atoms with Gasteiger partial charge in [-0.25, -0.2) is 19.4 Å². The van der Waals surface area contributed by atoms with Gasteiger partial charge in [0.1, 0.15) is 19.6 Å². The highest BCUT2D eigenvalue weighted by molar-refractivity contribution is 7.20. The summed E-state index contributed by atoms with van der Waals surface area (Å²) in [5.41, 5.74) is 1.28. The summed E-state index contributed by atoms with van der Waals surface area (Å²) in [6.45, 7) is 7.43. The van der Waals surface area contributed by atoms with Gasteiger partial charge in [-0.3, -0.25) is 0 Å². The molecule has 0 spiro atoms. The molecule has 3 rings (SSSR count). The highest BCUT2D eigenvalue weighted by atomic mass is 32.1. The number of carbonyl (C=O) groups excluding carboxylic acids is 3. The predicted octanol–water partition coefficient (Wildman–Crippen LogP) is 4.26. The van der Waals surface area contributed by atoms with Gasteiger partial charge in [0, 0.05) is 0 Å². The molecular weight excluding hydrogens is 470 g/mol. The molecule has 0 aliphatic carbocycles. The molecule has 3 aromatic rings. The summed E-state index contributed by atoms with van der Waals surface area (Å²) in [6.07, 6.45) is 0. The summed E-state index contributed by atoms with van der Waals surface area (Å²) >= 11 is 2.18. The molecule has 0 aliphatic heterocycles. The van der Waals surface area contributed by atoms with E-state index < -0.39 is 17.9 Å². The van der Waals surface area contributed by atoms with Gasteiger partial charge in [-0.05, 0) is 38.8 Å². The fraction of sp³-hybridized carbons (Fsp3) is 0.381. The first-order chi connectivity index (χ1) is 15.8. The Balaban J connectivity index is 2.15. The number of thiophene rings is 2. The quantitative estimate of drug-likeness (QED) is 0.359. The lowest BCUT2D eigenvalue weighted by Gasteiger charge is -2.09. The Kier molecular flexibility index (Phi) is 7.49. The first-order valence-electron chi connectivity index (χ1n) is 9.95. The molecule has 0 atom stereocenters. The minimum absolute atomic E-state index is 0.131. The monoisotopic (exact) mass is 493 g/mol. The predicted molar refractivity (Wildman–Crippen MR) is 124 cm³/mol. The minimum atomic E-state index is -0.588. The number of aromatic nitrogens is 2. The Labute approximate surface area is 197 Å². The van der Waals surface area contributed by atoms with Crippen molar-refractivity contribution in [3.05, 3.63) is 26.4 Å². The number of anilines is 2. The fourth-order valence-electron chi connectivity index (χ4n) is 3.13. The zero-order valence-corrected chi connectivity index (χ0v) is 20.6. The SMILES string of the molecule is CCOC(=O)c1c(Nc2nc(OCC)c3c(C)c(C(=O)OC)sc3n2)sc(C(=O)OC)c1C. The zero-order valence-electron chi connectivity index (χ0n) is 19.0. The highest BCUT2D eigenvalue weighted by Crippen LogP contribution is 2.39. The van der Waals surface area contributed by atoms with Crippen molar-refractivity contribution in [2.45, 2.75) is 27.7 Å². The van der Waals surface area contributed by atoms with Gasteiger partial charge in [-0.1, -0.05) is 0 Å². The van der Waals surface area contributed by atoms with Crippen molar-refractivity contribution in [1.29, 1.82) is 0 Å². The van der Waals surface area contributed by atoms with Crippen molar-refractivity contribution < 1.29 is 33.3 Å². The molecule has 3 aromatic heterocycles. The van der Waals surface area contributed by atoms with E-state index in [0.717, 1.165) is 22.7 Å². The van der Waals surface area contributed by atoms with Crippen LogP contribution in [0, 0.1) is 13.8 Å². The Morgan fingerprint density at radius 2 is 1.52 bits per heavy atom. The second-order valence-corrected chi connectivity index (χ2v) is 8.63. The number of methoxy groups -OCH3 is 2. The molecule has 0 unspecified atom stereocenters. The number of hydrogen-bond acceptors (Lipinski definition) is 12. The zero-order chi connectivity index (χ0) is 24.3. The number of fused-ring (bicyclic) bond motifs is 1. The van der Waals surface area contributed by atoms with Crippen molar-refractivity contribution >= 4 is 61.7 Å². The van der Waals surface area contributed by atoms with Crippen LogP contribution in [0.5, 0.6) is 5.88 Å². The molecular formula is C21H23N3O7S2. The number of ether oxygens (including phenoxy) is 4. The first-order valence-corrected chi connectivity index (χ1v) is 11.6. The van der Waals surface area contributed by atoms with Crippen LogP contribution in [0.2, 0.25) is 0 Å². The number of aryl methyl sites for hydroxylation is 1. The van der Waals surface area contributed by atoms with Gasteiger partial charge < -0.3 is 24.3 Å². The van der Waals surface area contributed by atoms with Gasteiger partial charge in [0.25, 0.3) is 0 Å². The first kappa shape index (κ1) is 24.4. The van der Waals surface area contributed by atoms with Gasteiger partial charge in [0.2, 0.25) is 11.8 Å². The molecule has 33 heavy (non-hydrogen) atoms. The Bertz CT molecular complexity index is 1230. The summed E-state index contributed by atoms with van der Waals surface area (Å²) in [7, 11) is 2.57. The van der Waals surface area contributed by atoms with E-state index in [1.165, 1.54) is 14.2 Å². The van der Waals surface area contributed by atoms with Crippen LogP contribution >= 0.6 is 22.7 Å². The summed E-state index contributed by atoms with van der Waals surface area (Å²) in [5.74, 6) is -1.22. The van der Waals surface area contributed by atoms with Crippen LogP contribution in [0.15, 0.2) is 0 Å². The third kappa shape index (κ3) is 4.62. The van der Waals surface area contributed by atoms with Gasteiger partial charge in [0.05, 0.1) is 38.4 Å². The maximum atomic E-state index is 12.6. The van der Waals surface area contributed by atoms with Crippen molar-refractivity contribution in [2.75, 3.05) is 32.8 Å². The van der Waals surface area contributed by atoms with E-state index in [1.54, 1.807) is 20.8 Å². The lowest BCUT2D eigenvalue weighted by Crippen LogP contribution is -2.09. The van der Waals surface area contributed by atoms with E-state index in [2.05, 4.69) is 15.3 Å². The molecule has 10 nitrogen and oxygen atoms in total. The molecule has 0 aromatic carbocycles. The van der Waals surface area contributed by atoms with Crippen LogP contribution in [0.4, 0.5) is 10.9 Å². The van der Waals surface area contributed by atoms with Gasteiger partial charge in [-0.2, -0.15) is 4.98 Å². The van der Waals surface area contributed by atoms with E-state index in [9.17, 15) is 14.4 Å². The molecule has 0 saturated carbocycles. The molecule has 0 fully saturated rings. The lowest BCUT2D eigenvalue weighted by molar-refractivity contribution is 0.0526. The normalized spacial score (nSPS) is 10.7. The van der Waals surface area contributed by atoms with Crippen LogP contribution in [0.25, 0.3) is 10.2 Å². The van der Waals surface area contributed by atoms with Crippen molar-refractivity contribution in [1.82, 2.24) is 9.97 Å². The van der Waals surface area contributed by atoms with Crippen LogP contribution in [0.1, 0.15) is 54.7 Å². The van der Waals surface area contributed by atoms with Crippen LogP contribution < -0.4 is 10.1 Å². The number of rotatable bonds is 8. The highest BCUT2D eigenvalue weighted by Gasteiger charge is 2.28. The average molecular weight is 494 g/mol. The molecule has 0 amide bonds. The summed E-state index contributed by atoms with van der Waals surface area (Å²) in [6, 6.07) is 0. The number of carbonyl (C=O) groups is 3. The summed E-state index contributed by atoms with van der Waals surface area (Å²) < 4.78 is 20.6. The molecule has 12 heteroatoms. The van der Waals surface area contributed by atoms with E-state index in [-0.39, 0.29) is 28.9 Å². The van der Waals surface area contributed by atoms with E-state index >= 15 is 0 Å². The molecule has 1 N–H and O–H groups in total. The van der Waals surface area contributed by atoms with Crippen LogP contribution in [-0.2, 0) is 14.2 Å². The van der Waals surface area contributed by atoms with Crippen molar-refractivity contribution in [3.8, 4) is 5.88 Å². The second-order valence-electron chi connectivity index (χ2n) is 6.61. The van der Waals surface area contributed by atoms with E-state index in [1.807, 2.05) is 6.92 Å². The van der Waals surface area contributed by atoms with Gasteiger partial charge in [0.15, 0.2) is 0 Å². The van der Waals surface area contributed by atoms with E-state index in [0.29, 0.717) is 37.8 Å². The average Bonchev–Trinajstić information content (AvgIpc) is 3.29. The van der Waals surface area contributed by atoms with Crippen molar-refractivity contribution in [2.24, 2.45) is 0 Å². The third-order valence-electron chi connectivity index (χ3n) is 4.63. The van der Waals surface area contributed by atoms with Crippen molar-refractivity contribution in [3.63, 3.8) is 0 Å². The summed E-state index contributed by atoms with van der Waals surface area (Å²) in [5, 5.41) is 3.95. The maximum absolute atomic E-state index is 12.6.